The molecule has 0 atom stereocenters. The standard InChI is InChI=1S/C9H12BrNO2/c1-6-3-7(5-11-12)9(13-2)8(10)4-6/h3-4,11-12H,5H2,1-2H3. The van der Waals surface area contributed by atoms with E-state index in [2.05, 4.69) is 21.4 Å². The molecule has 0 aliphatic rings. The van der Waals surface area contributed by atoms with Crippen LogP contribution in [0, 0.1) is 6.92 Å². The molecule has 0 aliphatic heterocycles. The summed E-state index contributed by atoms with van der Waals surface area (Å²) < 4.78 is 6.09. The zero-order chi connectivity index (χ0) is 9.84. The van der Waals surface area contributed by atoms with Crippen LogP contribution in [0.5, 0.6) is 5.75 Å². The maximum atomic E-state index is 8.60. The maximum Gasteiger partial charge on any atom is 0.137 e. The molecular weight excluding hydrogens is 234 g/mol. The Labute approximate surface area is 85.8 Å². The molecule has 1 rings (SSSR count). The van der Waals surface area contributed by atoms with Gasteiger partial charge in [0.1, 0.15) is 5.75 Å². The molecule has 0 aliphatic carbocycles. The van der Waals surface area contributed by atoms with E-state index in [0.29, 0.717) is 6.54 Å². The van der Waals surface area contributed by atoms with Gasteiger partial charge in [-0.2, -0.15) is 0 Å². The van der Waals surface area contributed by atoms with E-state index in [1.165, 1.54) is 0 Å². The van der Waals surface area contributed by atoms with Crippen molar-refractivity contribution in [3.8, 4) is 5.75 Å². The summed E-state index contributed by atoms with van der Waals surface area (Å²) in [6, 6.07) is 3.94. The molecule has 0 fully saturated rings. The number of hydroxylamine groups is 1. The summed E-state index contributed by atoms with van der Waals surface area (Å²) >= 11 is 3.39. The molecule has 3 nitrogen and oxygen atoms in total. The highest BCUT2D eigenvalue weighted by Crippen LogP contribution is 2.30. The normalized spacial score (nSPS) is 10.2. The van der Waals surface area contributed by atoms with E-state index in [1.807, 2.05) is 19.1 Å². The molecule has 0 amide bonds. The van der Waals surface area contributed by atoms with E-state index in [4.69, 9.17) is 9.94 Å². The van der Waals surface area contributed by atoms with Gasteiger partial charge >= 0.3 is 0 Å². The average molecular weight is 246 g/mol. The van der Waals surface area contributed by atoms with Crippen molar-refractivity contribution >= 4 is 15.9 Å². The number of aryl methyl sites for hydroxylation is 1. The fourth-order valence-corrected chi connectivity index (χ4v) is 2.02. The molecule has 13 heavy (non-hydrogen) atoms. The number of halogens is 1. The van der Waals surface area contributed by atoms with Crippen LogP contribution in [0.3, 0.4) is 0 Å². The smallest absolute Gasteiger partial charge is 0.137 e. The second kappa shape index (κ2) is 4.60. The van der Waals surface area contributed by atoms with Crippen molar-refractivity contribution in [3.63, 3.8) is 0 Å². The molecule has 1 aromatic rings. The number of nitrogens with one attached hydrogen (secondary N) is 1. The van der Waals surface area contributed by atoms with Crippen LogP contribution in [0.25, 0.3) is 0 Å². The highest BCUT2D eigenvalue weighted by molar-refractivity contribution is 9.10. The lowest BCUT2D eigenvalue weighted by Crippen LogP contribution is -2.08. The molecule has 1 aromatic carbocycles. The van der Waals surface area contributed by atoms with Gasteiger partial charge in [-0.3, -0.25) is 0 Å². The summed E-state index contributed by atoms with van der Waals surface area (Å²) in [4.78, 5) is 0. The van der Waals surface area contributed by atoms with E-state index in [0.717, 1.165) is 21.3 Å². The van der Waals surface area contributed by atoms with Gasteiger partial charge in [0.2, 0.25) is 0 Å². The first kappa shape index (κ1) is 10.5. The molecule has 2 N–H and O–H groups in total. The SMILES string of the molecule is COc1c(Br)cc(C)cc1CNO. The number of ether oxygens (including phenoxy) is 1. The minimum atomic E-state index is 0.378. The monoisotopic (exact) mass is 245 g/mol. The quantitative estimate of drug-likeness (QED) is 0.803. The topological polar surface area (TPSA) is 41.5 Å². The molecule has 72 valence electrons. The van der Waals surface area contributed by atoms with Gasteiger partial charge in [0.25, 0.3) is 0 Å². The summed E-state index contributed by atoms with van der Waals surface area (Å²) in [5.74, 6) is 0.757. The van der Waals surface area contributed by atoms with Gasteiger partial charge < -0.3 is 9.94 Å². The van der Waals surface area contributed by atoms with Gasteiger partial charge in [0.15, 0.2) is 0 Å². The number of benzene rings is 1. The summed E-state index contributed by atoms with van der Waals surface area (Å²) in [5, 5.41) is 8.60. The van der Waals surface area contributed by atoms with Crippen molar-refractivity contribution in [2.24, 2.45) is 0 Å². The Balaban J connectivity index is 3.13. The van der Waals surface area contributed by atoms with E-state index in [9.17, 15) is 0 Å². The van der Waals surface area contributed by atoms with Crippen LogP contribution in [0.4, 0.5) is 0 Å². The third kappa shape index (κ3) is 2.43. The van der Waals surface area contributed by atoms with Crippen molar-refractivity contribution in [1.29, 1.82) is 0 Å². The molecule has 4 heteroatoms. The van der Waals surface area contributed by atoms with E-state index in [1.54, 1.807) is 7.11 Å². The Morgan fingerprint density at radius 1 is 1.54 bits per heavy atom. The second-order valence-electron chi connectivity index (χ2n) is 2.77. The van der Waals surface area contributed by atoms with Crippen LogP contribution >= 0.6 is 15.9 Å². The lowest BCUT2D eigenvalue weighted by atomic mass is 10.1. The molecule has 0 spiro atoms. The Bertz CT molecular complexity index is 302. The van der Waals surface area contributed by atoms with Crippen molar-refractivity contribution in [2.45, 2.75) is 13.5 Å². The van der Waals surface area contributed by atoms with Crippen LogP contribution in [0.15, 0.2) is 16.6 Å². The molecule has 0 saturated heterocycles. The Morgan fingerprint density at radius 2 is 2.23 bits per heavy atom. The first-order chi connectivity index (χ1) is 6.19. The number of hydrogen-bond donors (Lipinski definition) is 2. The molecule has 0 radical (unpaired) electrons. The lowest BCUT2D eigenvalue weighted by Gasteiger charge is -2.10. The largest absolute Gasteiger partial charge is 0.495 e. The molecule has 0 aromatic heterocycles. The average Bonchev–Trinajstić information content (AvgIpc) is 2.04. The zero-order valence-electron chi connectivity index (χ0n) is 7.60. The Kier molecular flexibility index (Phi) is 3.71. The summed E-state index contributed by atoms with van der Waals surface area (Å²) in [5.41, 5.74) is 4.16. The molecular formula is C9H12BrNO2. The number of rotatable bonds is 3. The van der Waals surface area contributed by atoms with E-state index < -0.39 is 0 Å². The molecule has 0 heterocycles. The Hall–Kier alpha value is -0.580. The van der Waals surface area contributed by atoms with Gasteiger partial charge in [-0.25, -0.2) is 5.48 Å². The van der Waals surface area contributed by atoms with Gasteiger partial charge in [-0.15, -0.1) is 0 Å². The highest BCUT2D eigenvalue weighted by Gasteiger charge is 2.07. The first-order valence-electron chi connectivity index (χ1n) is 3.89. The van der Waals surface area contributed by atoms with Crippen LogP contribution < -0.4 is 10.2 Å². The predicted octanol–water partition coefficient (Wildman–Crippen LogP) is 2.24. The fourth-order valence-electron chi connectivity index (χ4n) is 1.25. The highest BCUT2D eigenvalue weighted by atomic mass is 79.9. The van der Waals surface area contributed by atoms with E-state index in [-0.39, 0.29) is 0 Å². The van der Waals surface area contributed by atoms with Crippen molar-refractivity contribution in [1.82, 2.24) is 5.48 Å². The van der Waals surface area contributed by atoms with Crippen molar-refractivity contribution in [2.75, 3.05) is 7.11 Å². The van der Waals surface area contributed by atoms with Gasteiger partial charge in [0.05, 0.1) is 11.6 Å². The summed E-state index contributed by atoms with van der Waals surface area (Å²) in [6.45, 7) is 2.37. The molecule has 0 saturated carbocycles. The third-order valence-corrected chi connectivity index (χ3v) is 2.33. The van der Waals surface area contributed by atoms with Crippen LogP contribution in [0.1, 0.15) is 11.1 Å². The molecule has 0 unspecified atom stereocenters. The van der Waals surface area contributed by atoms with Gasteiger partial charge in [-0.05, 0) is 34.5 Å². The lowest BCUT2D eigenvalue weighted by molar-refractivity contribution is 0.160. The zero-order valence-corrected chi connectivity index (χ0v) is 9.18. The van der Waals surface area contributed by atoms with Crippen LogP contribution in [-0.4, -0.2) is 12.3 Å². The molecule has 0 bridgehead atoms. The fraction of sp³-hybridized carbons (Fsp3) is 0.333. The number of methoxy groups -OCH3 is 1. The van der Waals surface area contributed by atoms with Crippen molar-refractivity contribution in [3.05, 3.63) is 27.7 Å². The van der Waals surface area contributed by atoms with Gasteiger partial charge in [0, 0.05) is 12.1 Å². The number of hydrogen-bond acceptors (Lipinski definition) is 3. The third-order valence-electron chi connectivity index (χ3n) is 1.74. The summed E-state index contributed by atoms with van der Waals surface area (Å²) in [6.07, 6.45) is 0. The Morgan fingerprint density at radius 3 is 2.77 bits per heavy atom. The van der Waals surface area contributed by atoms with Crippen LogP contribution in [-0.2, 0) is 6.54 Å². The minimum absolute atomic E-state index is 0.378. The van der Waals surface area contributed by atoms with E-state index >= 15 is 0 Å². The minimum Gasteiger partial charge on any atom is -0.495 e. The second-order valence-corrected chi connectivity index (χ2v) is 3.63. The van der Waals surface area contributed by atoms with Gasteiger partial charge in [-0.1, -0.05) is 6.07 Å². The maximum absolute atomic E-state index is 8.60. The van der Waals surface area contributed by atoms with Crippen molar-refractivity contribution < 1.29 is 9.94 Å². The van der Waals surface area contributed by atoms with Crippen LogP contribution in [0.2, 0.25) is 0 Å². The summed E-state index contributed by atoms with van der Waals surface area (Å²) in [7, 11) is 1.61. The first-order valence-corrected chi connectivity index (χ1v) is 4.68. The predicted molar refractivity (Wildman–Crippen MR) is 54.1 cm³/mol.